The molecule has 3 heteroatoms. The van der Waals surface area contributed by atoms with Gasteiger partial charge < -0.3 is 4.74 Å². The van der Waals surface area contributed by atoms with Gasteiger partial charge in [-0.1, -0.05) is 38.7 Å². The highest BCUT2D eigenvalue weighted by molar-refractivity contribution is 6.20. The molecule has 17 heavy (non-hydrogen) atoms. The van der Waals surface area contributed by atoms with Crippen molar-refractivity contribution in [2.75, 3.05) is 7.11 Å². The molecule has 0 fully saturated rings. The van der Waals surface area contributed by atoms with Crippen LogP contribution >= 0.6 is 11.6 Å². The molecule has 0 aliphatic heterocycles. The Balaban J connectivity index is 2.53. The van der Waals surface area contributed by atoms with Crippen LogP contribution in [0.15, 0.2) is 18.2 Å². The number of hydrogen-bond donors (Lipinski definition) is 0. The summed E-state index contributed by atoms with van der Waals surface area (Å²) in [6.07, 6.45) is 5.45. The SMILES string of the molecule is CCCCCCC(Cl)c1ccc(OC)cc1F. The van der Waals surface area contributed by atoms with Crippen LogP contribution in [-0.4, -0.2) is 7.11 Å². The zero-order chi connectivity index (χ0) is 12.7. The van der Waals surface area contributed by atoms with E-state index in [0.29, 0.717) is 11.3 Å². The number of methoxy groups -OCH3 is 1. The first-order chi connectivity index (χ1) is 8.19. The molecular formula is C14H20ClFO. The van der Waals surface area contributed by atoms with Crippen LogP contribution in [0.5, 0.6) is 5.75 Å². The first-order valence-corrected chi connectivity index (χ1v) is 6.60. The molecule has 1 nitrogen and oxygen atoms in total. The van der Waals surface area contributed by atoms with Crippen LogP contribution < -0.4 is 4.74 Å². The van der Waals surface area contributed by atoms with Crippen LogP contribution in [0.2, 0.25) is 0 Å². The predicted octanol–water partition coefficient (Wildman–Crippen LogP) is 5.08. The molecule has 0 bridgehead atoms. The monoisotopic (exact) mass is 258 g/mol. The lowest BCUT2D eigenvalue weighted by Crippen LogP contribution is -1.96. The number of unbranched alkanes of at least 4 members (excludes halogenated alkanes) is 3. The standard InChI is InChI=1S/C14H20ClFO/c1-3-4-5-6-7-13(15)12-9-8-11(17-2)10-14(12)16/h8-10,13H,3-7H2,1-2H3. The molecule has 0 heterocycles. The lowest BCUT2D eigenvalue weighted by molar-refractivity contribution is 0.410. The van der Waals surface area contributed by atoms with E-state index < -0.39 is 0 Å². The summed E-state index contributed by atoms with van der Waals surface area (Å²) in [6.45, 7) is 2.17. The molecule has 96 valence electrons. The van der Waals surface area contributed by atoms with Gasteiger partial charge in [0.15, 0.2) is 0 Å². The van der Waals surface area contributed by atoms with Gasteiger partial charge in [0.2, 0.25) is 0 Å². The average molecular weight is 259 g/mol. The first kappa shape index (κ1) is 14.3. The van der Waals surface area contributed by atoms with Crippen molar-refractivity contribution in [3.05, 3.63) is 29.6 Å². The van der Waals surface area contributed by atoms with Crippen molar-refractivity contribution in [3.8, 4) is 5.75 Å². The van der Waals surface area contributed by atoms with Gasteiger partial charge in [-0.05, 0) is 12.5 Å². The molecule has 1 aromatic rings. The summed E-state index contributed by atoms with van der Waals surface area (Å²) in [6, 6.07) is 4.85. The summed E-state index contributed by atoms with van der Waals surface area (Å²) >= 11 is 6.21. The van der Waals surface area contributed by atoms with Crippen LogP contribution in [0.1, 0.15) is 50.0 Å². The Morgan fingerprint density at radius 2 is 2.06 bits per heavy atom. The Morgan fingerprint density at radius 3 is 2.65 bits per heavy atom. The minimum absolute atomic E-state index is 0.238. The molecule has 0 spiro atoms. The van der Waals surface area contributed by atoms with Crippen molar-refractivity contribution < 1.29 is 9.13 Å². The van der Waals surface area contributed by atoms with Crippen LogP contribution in [0.4, 0.5) is 4.39 Å². The number of ether oxygens (including phenoxy) is 1. The van der Waals surface area contributed by atoms with Gasteiger partial charge in [-0.2, -0.15) is 0 Å². The molecule has 0 N–H and O–H groups in total. The van der Waals surface area contributed by atoms with Gasteiger partial charge in [-0.15, -0.1) is 11.6 Å². The zero-order valence-electron chi connectivity index (χ0n) is 10.5. The third-order valence-corrected chi connectivity index (χ3v) is 3.31. The van der Waals surface area contributed by atoms with Gasteiger partial charge in [0.25, 0.3) is 0 Å². The molecule has 0 saturated carbocycles. The fraction of sp³-hybridized carbons (Fsp3) is 0.571. The quantitative estimate of drug-likeness (QED) is 0.489. The van der Waals surface area contributed by atoms with E-state index in [2.05, 4.69) is 6.92 Å². The maximum absolute atomic E-state index is 13.7. The summed E-state index contributed by atoms with van der Waals surface area (Å²) in [5, 5.41) is -0.238. The first-order valence-electron chi connectivity index (χ1n) is 6.16. The molecule has 0 aromatic heterocycles. The van der Waals surface area contributed by atoms with Gasteiger partial charge in [-0.25, -0.2) is 4.39 Å². The third-order valence-electron chi connectivity index (χ3n) is 2.86. The van der Waals surface area contributed by atoms with Crippen LogP contribution in [-0.2, 0) is 0 Å². The second kappa shape index (κ2) is 7.54. The molecular weight excluding hydrogens is 239 g/mol. The fourth-order valence-corrected chi connectivity index (χ4v) is 2.13. The van der Waals surface area contributed by atoms with Gasteiger partial charge in [-0.3, -0.25) is 0 Å². The van der Waals surface area contributed by atoms with Crippen molar-refractivity contribution in [2.24, 2.45) is 0 Å². The Kier molecular flexibility index (Phi) is 6.35. The lowest BCUT2D eigenvalue weighted by Gasteiger charge is -2.11. The number of halogens is 2. The van der Waals surface area contributed by atoms with Crippen LogP contribution in [0.25, 0.3) is 0 Å². The highest BCUT2D eigenvalue weighted by Gasteiger charge is 2.13. The van der Waals surface area contributed by atoms with E-state index in [1.165, 1.54) is 26.0 Å². The summed E-state index contributed by atoms with van der Waals surface area (Å²) in [4.78, 5) is 0. The normalized spacial score (nSPS) is 12.5. The third kappa shape index (κ3) is 4.55. The second-order valence-corrected chi connectivity index (χ2v) is 4.73. The molecule has 1 rings (SSSR count). The van der Waals surface area contributed by atoms with Gasteiger partial charge in [0.05, 0.1) is 12.5 Å². The van der Waals surface area contributed by atoms with Crippen molar-refractivity contribution in [3.63, 3.8) is 0 Å². The Bertz CT molecular complexity index is 341. The number of rotatable bonds is 7. The highest BCUT2D eigenvalue weighted by Crippen LogP contribution is 2.30. The smallest absolute Gasteiger partial charge is 0.131 e. The molecule has 0 amide bonds. The van der Waals surface area contributed by atoms with Gasteiger partial charge in [0.1, 0.15) is 11.6 Å². The largest absolute Gasteiger partial charge is 0.497 e. The van der Waals surface area contributed by atoms with Gasteiger partial charge in [0, 0.05) is 11.6 Å². The minimum atomic E-state index is -0.278. The summed E-state index contributed by atoms with van der Waals surface area (Å²) in [7, 11) is 1.53. The van der Waals surface area contributed by atoms with Crippen LogP contribution in [0, 0.1) is 5.82 Å². The zero-order valence-corrected chi connectivity index (χ0v) is 11.3. The molecule has 1 aromatic carbocycles. The Hall–Kier alpha value is -0.760. The Labute approximate surface area is 108 Å². The van der Waals surface area contributed by atoms with E-state index in [1.54, 1.807) is 12.1 Å². The second-order valence-electron chi connectivity index (χ2n) is 4.20. The lowest BCUT2D eigenvalue weighted by atomic mass is 10.0. The van der Waals surface area contributed by atoms with E-state index in [1.807, 2.05) is 0 Å². The van der Waals surface area contributed by atoms with Crippen molar-refractivity contribution >= 4 is 11.6 Å². The number of hydrogen-bond acceptors (Lipinski definition) is 1. The average Bonchev–Trinajstić information content (AvgIpc) is 2.34. The number of benzene rings is 1. The van der Waals surface area contributed by atoms with Crippen LogP contribution in [0.3, 0.4) is 0 Å². The van der Waals surface area contributed by atoms with E-state index in [0.717, 1.165) is 19.3 Å². The van der Waals surface area contributed by atoms with Crippen molar-refractivity contribution in [2.45, 2.75) is 44.4 Å². The summed E-state index contributed by atoms with van der Waals surface area (Å²) < 4.78 is 18.7. The number of alkyl halides is 1. The molecule has 1 unspecified atom stereocenters. The fourth-order valence-electron chi connectivity index (χ4n) is 1.79. The highest BCUT2D eigenvalue weighted by atomic mass is 35.5. The maximum atomic E-state index is 13.7. The van der Waals surface area contributed by atoms with E-state index in [-0.39, 0.29) is 11.2 Å². The minimum Gasteiger partial charge on any atom is -0.497 e. The predicted molar refractivity (Wildman–Crippen MR) is 70.3 cm³/mol. The Morgan fingerprint density at radius 1 is 1.29 bits per heavy atom. The topological polar surface area (TPSA) is 9.23 Å². The summed E-state index contributed by atoms with van der Waals surface area (Å²) in [5.74, 6) is 0.251. The molecule has 1 atom stereocenters. The van der Waals surface area contributed by atoms with E-state index in [9.17, 15) is 4.39 Å². The molecule has 0 aliphatic carbocycles. The van der Waals surface area contributed by atoms with Gasteiger partial charge >= 0.3 is 0 Å². The van der Waals surface area contributed by atoms with E-state index >= 15 is 0 Å². The summed E-state index contributed by atoms with van der Waals surface area (Å²) in [5.41, 5.74) is 0.573. The van der Waals surface area contributed by atoms with Crippen molar-refractivity contribution in [1.82, 2.24) is 0 Å². The molecule has 0 aliphatic rings. The van der Waals surface area contributed by atoms with Crippen molar-refractivity contribution in [1.29, 1.82) is 0 Å². The molecule has 0 radical (unpaired) electrons. The maximum Gasteiger partial charge on any atom is 0.131 e. The molecule has 0 saturated heterocycles. The van der Waals surface area contributed by atoms with E-state index in [4.69, 9.17) is 16.3 Å².